The van der Waals surface area contributed by atoms with Crippen LogP contribution in [0, 0.1) is 0 Å². The van der Waals surface area contributed by atoms with Gasteiger partial charge in [0.05, 0.1) is 4.90 Å². The molecular formula is C16H22N4O4S. The summed E-state index contributed by atoms with van der Waals surface area (Å²) in [5.74, 6) is 0.0319. The number of rotatable bonds is 7. The van der Waals surface area contributed by atoms with Crippen molar-refractivity contribution < 1.29 is 17.6 Å². The molecule has 2 aromatic rings. The minimum absolute atomic E-state index is 0.00791. The zero-order valence-electron chi connectivity index (χ0n) is 14.7. The fraction of sp³-hybridized carbons (Fsp3) is 0.438. The smallest absolute Gasteiger partial charge is 0.322 e. The highest BCUT2D eigenvalue weighted by atomic mass is 32.2. The summed E-state index contributed by atoms with van der Waals surface area (Å²) < 4.78 is 31.5. The van der Waals surface area contributed by atoms with Gasteiger partial charge < -0.3 is 4.42 Å². The van der Waals surface area contributed by atoms with Crippen LogP contribution in [0.3, 0.4) is 0 Å². The Morgan fingerprint density at radius 3 is 2.24 bits per heavy atom. The molecule has 9 heteroatoms. The van der Waals surface area contributed by atoms with Crippen LogP contribution < -0.4 is 5.32 Å². The molecule has 0 spiro atoms. The van der Waals surface area contributed by atoms with Gasteiger partial charge >= 0.3 is 6.01 Å². The van der Waals surface area contributed by atoms with Crippen molar-refractivity contribution in [2.24, 2.45) is 0 Å². The Labute approximate surface area is 147 Å². The minimum atomic E-state index is -3.55. The average molecular weight is 366 g/mol. The van der Waals surface area contributed by atoms with Gasteiger partial charge in [0, 0.05) is 24.6 Å². The van der Waals surface area contributed by atoms with E-state index in [1.807, 2.05) is 13.8 Å². The van der Waals surface area contributed by atoms with Gasteiger partial charge in [0.2, 0.25) is 15.9 Å². The van der Waals surface area contributed by atoms with Gasteiger partial charge in [-0.25, -0.2) is 8.42 Å². The Morgan fingerprint density at radius 1 is 1.16 bits per heavy atom. The maximum atomic E-state index is 12.4. The van der Waals surface area contributed by atoms with Crippen LogP contribution in [0.1, 0.15) is 49.9 Å². The molecule has 25 heavy (non-hydrogen) atoms. The summed E-state index contributed by atoms with van der Waals surface area (Å²) in [4.78, 5) is 12.3. The van der Waals surface area contributed by atoms with Crippen molar-refractivity contribution in [3.8, 4) is 0 Å². The number of aromatic nitrogens is 2. The number of nitrogens with one attached hydrogen (secondary N) is 1. The van der Waals surface area contributed by atoms with Gasteiger partial charge in [0.25, 0.3) is 5.91 Å². The monoisotopic (exact) mass is 366 g/mol. The van der Waals surface area contributed by atoms with E-state index in [0.29, 0.717) is 24.5 Å². The summed E-state index contributed by atoms with van der Waals surface area (Å²) in [7, 11) is -3.55. The second-order valence-corrected chi connectivity index (χ2v) is 7.61. The maximum Gasteiger partial charge on any atom is 0.322 e. The number of amides is 1. The van der Waals surface area contributed by atoms with E-state index in [2.05, 4.69) is 15.5 Å². The van der Waals surface area contributed by atoms with E-state index in [0.717, 1.165) is 0 Å². The summed E-state index contributed by atoms with van der Waals surface area (Å²) in [6, 6.07) is 5.73. The molecular weight excluding hydrogens is 344 g/mol. The number of sulfonamides is 1. The van der Waals surface area contributed by atoms with E-state index >= 15 is 0 Å². The summed E-state index contributed by atoms with van der Waals surface area (Å²) >= 11 is 0. The van der Waals surface area contributed by atoms with Crippen molar-refractivity contribution in [1.29, 1.82) is 0 Å². The van der Waals surface area contributed by atoms with Gasteiger partial charge in [0.1, 0.15) is 0 Å². The van der Waals surface area contributed by atoms with Crippen molar-refractivity contribution in [3.05, 3.63) is 35.7 Å². The maximum absolute atomic E-state index is 12.4. The molecule has 0 aliphatic carbocycles. The number of nitrogens with zero attached hydrogens (tertiary/aromatic N) is 3. The molecule has 0 aliphatic heterocycles. The van der Waals surface area contributed by atoms with Crippen LogP contribution in [-0.2, 0) is 10.0 Å². The zero-order valence-corrected chi connectivity index (χ0v) is 15.5. The minimum Gasteiger partial charge on any atom is -0.408 e. The van der Waals surface area contributed by atoms with Gasteiger partial charge in [-0.3, -0.25) is 10.1 Å². The highest BCUT2D eigenvalue weighted by Crippen LogP contribution is 2.18. The molecule has 0 saturated carbocycles. The summed E-state index contributed by atoms with van der Waals surface area (Å²) in [5, 5.41) is 10.1. The number of hydrogen-bond acceptors (Lipinski definition) is 6. The number of anilines is 1. The third-order valence-corrected chi connectivity index (χ3v) is 5.68. The van der Waals surface area contributed by atoms with Crippen LogP contribution in [0.2, 0.25) is 0 Å². The highest BCUT2D eigenvalue weighted by Gasteiger charge is 2.22. The van der Waals surface area contributed by atoms with Crippen molar-refractivity contribution in [1.82, 2.24) is 14.5 Å². The summed E-state index contributed by atoms with van der Waals surface area (Å²) in [6.07, 6.45) is 0. The Bertz CT molecular complexity index is 824. The lowest BCUT2D eigenvalue weighted by atomic mass is 10.2. The molecule has 0 atom stereocenters. The van der Waals surface area contributed by atoms with Gasteiger partial charge in [-0.15, -0.1) is 5.10 Å². The topological polar surface area (TPSA) is 105 Å². The summed E-state index contributed by atoms with van der Waals surface area (Å²) in [5.41, 5.74) is 0.294. The molecule has 0 radical (unpaired) electrons. The van der Waals surface area contributed by atoms with Crippen LogP contribution in [0.15, 0.2) is 33.6 Å². The Kier molecular flexibility index (Phi) is 5.91. The molecule has 1 amide bonds. The lowest BCUT2D eigenvalue weighted by Gasteiger charge is -2.18. The first-order valence-electron chi connectivity index (χ1n) is 8.04. The second-order valence-electron chi connectivity index (χ2n) is 5.67. The van der Waals surface area contributed by atoms with Crippen molar-refractivity contribution in [3.63, 3.8) is 0 Å². The molecule has 0 aliphatic rings. The number of carbonyl (C=O) groups is 1. The quantitative estimate of drug-likeness (QED) is 0.807. The first-order valence-corrected chi connectivity index (χ1v) is 9.48. The molecule has 1 heterocycles. The number of carbonyl (C=O) groups excluding carboxylic acids is 1. The van der Waals surface area contributed by atoms with Crippen molar-refractivity contribution in [2.45, 2.75) is 38.5 Å². The molecule has 1 N–H and O–H groups in total. The predicted molar refractivity (Wildman–Crippen MR) is 92.9 cm³/mol. The standard InChI is InChI=1S/C16H22N4O4S/c1-5-20(6-2)25(22,23)13-9-7-12(8-10-13)14(21)17-16-19-18-15(24-16)11(3)4/h7-11H,5-6H2,1-4H3,(H,17,19,21). The predicted octanol–water partition coefficient (Wildman–Crippen LogP) is 2.48. The van der Waals surface area contributed by atoms with E-state index in [-0.39, 0.29) is 16.8 Å². The Hall–Kier alpha value is -2.26. The van der Waals surface area contributed by atoms with Crippen molar-refractivity contribution >= 4 is 21.9 Å². The molecule has 0 unspecified atom stereocenters. The number of hydrogen-bond donors (Lipinski definition) is 1. The zero-order chi connectivity index (χ0) is 18.6. The normalized spacial score (nSPS) is 11.9. The SMILES string of the molecule is CCN(CC)S(=O)(=O)c1ccc(C(=O)Nc2nnc(C(C)C)o2)cc1. The van der Waals surface area contributed by atoms with E-state index in [1.165, 1.54) is 28.6 Å². The molecule has 136 valence electrons. The van der Waals surface area contributed by atoms with Crippen LogP contribution in [0.5, 0.6) is 0 Å². The third-order valence-electron chi connectivity index (χ3n) is 3.61. The lowest BCUT2D eigenvalue weighted by molar-refractivity contribution is 0.102. The Balaban J connectivity index is 2.14. The molecule has 1 aromatic heterocycles. The van der Waals surface area contributed by atoms with Gasteiger partial charge in [-0.2, -0.15) is 4.31 Å². The lowest BCUT2D eigenvalue weighted by Crippen LogP contribution is -2.30. The molecule has 1 aromatic carbocycles. The molecule has 8 nitrogen and oxygen atoms in total. The molecule has 0 saturated heterocycles. The Morgan fingerprint density at radius 2 is 1.76 bits per heavy atom. The first kappa shape index (κ1) is 19.1. The van der Waals surface area contributed by atoms with E-state index in [1.54, 1.807) is 13.8 Å². The van der Waals surface area contributed by atoms with Gasteiger partial charge in [-0.05, 0) is 24.3 Å². The second kappa shape index (κ2) is 7.75. The molecule has 0 bridgehead atoms. The van der Waals surface area contributed by atoms with Crippen LogP contribution in [0.4, 0.5) is 6.01 Å². The van der Waals surface area contributed by atoms with Crippen LogP contribution >= 0.6 is 0 Å². The fourth-order valence-corrected chi connectivity index (χ4v) is 3.64. The molecule has 0 fully saturated rings. The van der Waals surface area contributed by atoms with Gasteiger partial charge in [0.15, 0.2) is 0 Å². The summed E-state index contributed by atoms with van der Waals surface area (Å²) in [6.45, 7) is 8.12. The fourth-order valence-electron chi connectivity index (χ4n) is 2.18. The van der Waals surface area contributed by atoms with E-state index < -0.39 is 15.9 Å². The average Bonchev–Trinajstić information content (AvgIpc) is 3.04. The van der Waals surface area contributed by atoms with Crippen LogP contribution in [-0.4, -0.2) is 41.9 Å². The van der Waals surface area contributed by atoms with Crippen LogP contribution in [0.25, 0.3) is 0 Å². The van der Waals surface area contributed by atoms with Crippen molar-refractivity contribution in [2.75, 3.05) is 18.4 Å². The highest BCUT2D eigenvalue weighted by molar-refractivity contribution is 7.89. The number of benzene rings is 1. The molecule has 2 rings (SSSR count). The van der Waals surface area contributed by atoms with E-state index in [9.17, 15) is 13.2 Å². The first-order chi connectivity index (χ1) is 11.8. The third kappa shape index (κ3) is 4.23. The van der Waals surface area contributed by atoms with Gasteiger partial charge in [-0.1, -0.05) is 32.8 Å². The largest absolute Gasteiger partial charge is 0.408 e. The van der Waals surface area contributed by atoms with E-state index in [4.69, 9.17) is 4.42 Å².